The summed E-state index contributed by atoms with van der Waals surface area (Å²) in [5.41, 5.74) is 0. The molecule has 1 heterocycles. The Morgan fingerprint density at radius 1 is 1.11 bits per heavy atom. The molecule has 1 aliphatic rings. The zero-order valence-electron chi connectivity index (χ0n) is 14.9. The summed E-state index contributed by atoms with van der Waals surface area (Å²) in [5, 5.41) is 59.0. The molecule has 0 amide bonds. The standard InChI is InChI=1S/C15H30O10S2/c1-7(18)10(6-27)24-14(8(19)4-16)25-13-9(5-17)23-15(22-2-3-26)12(21)11(13)20/h7-21,26-27H,2-6H2,1H3/t7-,8-,9?,10?,11?,12?,13?,14?,15?/m0/s1. The maximum absolute atomic E-state index is 10.4. The number of ether oxygens (including phenoxy) is 4. The molecule has 0 spiro atoms. The SMILES string of the molecule is C[C@H](O)C(CS)OC(OC1C(CO)OC(OCCS)C(O)C1O)[C@@H](O)CO. The molecule has 0 aromatic rings. The highest BCUT2D eigenvalue weighted by Crippen LogP contribution is 2.26. The van der Waals surface area contributed by atoms with Gasteiger partial charge in [0.15, 0.2) is 12.6 Å². The fraction of sp³-hybridized carbons (Fsp3) is 1.00. The average Bonchev–Trinajstić information content (AvgIpc) is 2.66. The second kappa shape index (κ2) is 12.8. The lowest BCUT2D eigenvalue weighted by atomic mass is 9.99. The number of hydrogen-bond acceptors (Lipinski definition) is 12. The molecule has 7 unspecified atom stereocenters. The third-order valence-electron chi connectivity index (χ3n) is 4.01. The molecule has 0 radical (unpaired) electrons. The van der Waals surface area contributed by atoms with Gasteiger partial charge in [0.1, 0.15) is 30.5 Å². The van der Waals surface area contributed by atoms with E-state index in [9.17, 15) is 30.6 Å². The lowest BCUT2D eigenvalue weighted by Crippen LogP contribution is -2.61. The van der Waals surface area contributed by atoms with E-state index >= 15 is 0 Å². The first kappa shape index (κ1) is 25.3. The molecular formula is C15H30O10S2. The molecule has 0 aromatic carbocycles. The lowest BCUT2D eigenvalue weighted by Gasteiger charge is -2.43. The Morgan fingerprint density at radius 3 is 2.26 bits per heavy atom. The van der Waals surface area contributed by atoms with Gasteiger partial charge in [0.25, 0.3) is 0 Å². The van der Waals surface area contributed by atoms with Crippen molar-refractivity contribution in [3.05, 3.63) is 0 Å². The topological polar surface area (TPSA) is 158 Å². The van der Waals surface area contributed by atoms with Crippen LogP contribution in [0.25, 0.3) is 0 Å². The normalized spacial score (nSPS) is 33.4. The van der Waals surface area contributed by atoms with E-state index in [4.69, 9.17) is 18.9 Å². The molecule has 6 N–H and O–H groups in total. The van der Waals surface area contributed by atoms with Gasteiger partial charge in [-0.15, -0.1) is 0 Å². The molecule has 12 heteroatoms. The molecule has 1 aliphatic heterocycles. The largest absolute Gasteiger partial charge is 0.394 e. The Morgan fingerprint density at radius 2 is 1.78 bits per heavy atom. The van der Waals surface area contributed by atoms with Crippen molar-refractivity contribution in [1.82, 2.24) is 0 Å². The van der Waals surface area contributed by atoms with Gasteiger partial charge in [-0.1, -0.05) is 0 Å². The molecule has 162 valence electrons. The summed E-state index contributed by atoms with van der Waals surface area (Å²) >= 11 is 8.02. The highest BCUT2D eigenvalue weighted by Gasteiger charge is 2.47. The van der Waals surface area contributed by atoms with Crippen molar-refractivity contribution in [3.63, 3.8) is 0 Å². The van der Waals surface area contributed by atoms with Gasteiger partial charge in [0, 0.05) is 11.5 Å². The average molecular weight is 435 g/mol. The van der Waals surface area contributed by atoms with Crippen molar-refractivity contribution in [3.8, 4) is 0 Å². The second-order valence-electron chi connectivity index (χ2n) is 6.12. The molecule has 0 bridgehead atoms. The number of rotatable bonds is 12. The van der Waals surface area contributed by atoms with Crippen LogP contribution in [0.15, 0.2) is 0 Å². The van der Waals surface area contributed by atoms with Crippen LogP contribution < -0.4 is 0 Å². The van der Waals surface area contributed by atoms with Crippen LogP contribution in [0.3, 0.4) is 0 Å². The van der Waals surface area contributed by atoms with Crippen LogP contribution in [0.2, 0.25) is 0 Å². The first-order chi connectivity index (χ1) is 12.8. The lowest BCUT2D eigenvalue weighted by molar-refractivity contribution is -0.339. The van der Waals surface area contributed by atoms with Gasteiger partial charge >= 0.3 is 0 Å². The van der Waals surface area contributed by atoms with E-state index in [2.05, 4.69) is 25.3 Å². The Bertz CT molecular complexity index is 403. The quantitative estimate of drug-likeness (QED) is 0.119. The molecule has 0 saturated carbocycles. The van der Waals surface area contributed by atoms with Crippen LogP contribution >= 0.6 is 25.3 Å². The van der Waals surface area contributed by atoms with E-state index in [-0.39, 0.29) is 12.4 Å². The van der Waals surface area contributed by atoms with Crippen molar-refractivity contribution in [2.24, 2.45) is 0 Å². The summed E-state index contributed by atoms with van der Waals surface area (Å²) in [7, 11) is 0. The van der Waals surface area contributed by atoms with E-state index in [1.54, 1.807) is 0 Å². The van der Waals surface area contributed by atoms with Crippen LogP contribution in [-0.4, -0.2) is 117 Å². The van der Waals surface area contributed by atoms with Crippen molar-refractivity contribution < 1.29 is 49.6 Å². The van der Waals surface area contributed by atoms with E-state index in [1.165, 1.54) is 6.92 Å². The van der Waals surface area contributed by atoms with Gasteiger partial charge in [-0.05, 0) is 6.92 Å². The van der Waals surface area contributed by atoms with Gasteiger partial charge in [0.05, 0.1) is 32.0 Å². The summed E-state index contributed by atoms with van der Waals surface area (Å²) < 4.78 is 21.6. The van der Waals surface area contributed by atoms with Crippen molar-refractivity contribution in [2.45, 2.75) is 62.2 Å². The number of aliphatic hydroxyl groups is 6. The summed E-state index contributed by atoms with van der Waals surface area (Å²) in [5.74, 6) is 0.445. The van der Waals surface area contributed by atoms with Crippen LogP contribution in [-0.2, 0) is 18.9 Å². The zero-order chi connectivity index (χ0) is 20.6. The minimum atomic E-state index is -1.54. The van der Waals surface area contributed by atoms with E-state index in [0.717, 1.165) is 0 Å². The third-order valence-corrected chi connectivity index (χ3v) is 4.56. The smallest absolute Gasteiger partial charge is 0.186 e. The molecule has 0 aliphatic carbocycles. The van der Waals surface area contributed by atoms with E-state index in [1.807, 2.05) is 0 Å². The Balaban J connectivity index is 2.91. The number of hydrogen-bond donors (Lipinski definition) is 8. The molecule has 10 nitrogen and oxygen atoms in total. The first-order valence-corrected chi connectivity index (χ1v) is 9.80. The molecule has 9 atom stereocenters. The highest BCUT2D eigenvalue weighted by atomic mass is 32.1. The van der Waals surface area contributed by atoms with Gasteiger partial charge in [0.2, 0.25) is 0 Å². The van der Waals surface area contributed by atoms with E-state index < -0.39 is 68.5 Å². The number of thiol groups is 2. The maximum Gasteiger partial charge on any atom is 0.186 e. The minimum Gasteiger partial charge on any atom is -0.394 e. The predicted molar refractivity (Wildman–Crippen MR) is 99.7 cm³/mol. The van der Waals surface area contributed by atoms with Crippen LogP contribution in [0.1, 0.15) is 6.92 Å². The molecular weight excluding hydrogens is 404 g/mol. The van der Waals surface area contributed by atoms with Crippen LogP contribution in [0.4, 0.5) is 0 Å². The monoisotopic (exact) mass is 434 g/mol. The molecule has 0 aromatic heterocycles. The zero-order valence-corrected chi connectivity index (χ0v) is 16.7. The second-order valence-corrected chi connectivity index (χ2v) is 6.93. The minimum absolute atomic E-state index is 0.0884. The Hall–Kier alpha value is 0.300. The van der Waals surface area contributed by atoms with Gasteiger partial charge in [-0.3, -0.25) is 0 Å². The summed E-state index contributed by atoms with van der Waals surface area (Å²) in [6, 6.07) is 0. The van der Waals surface area contributed by atoms with E-state index in [0.29, 0.717) is 5.75 Å². The Kier molecular flexibility index (Phi) is 12.0. The fourth-order valence-corrected chi connectivity index (χ4v) is 2.96. The predicted octanol–water partition coefficient (Wildman–Crippen LogP) is -2.87. The molecule has 1 fully saturated rings. The van der Waals surface area contributed by atoms with Crippen LogP contribution in [0, 0.1) is 0 Å². The fourth-order valence-electron chi connectivity index (χ4n) is 2.46. The summed E-state index contributed by atoms with van der Waals surface area (Å²) in [6.45, 7) is 0.288. The van der Waals surface area contributed by atoms with Crippen molar-refractivity contribution >= 4 is 25.3 Å². The summed E-state index contributed by atoms with van der Waals surface area (Å²) in [6.07, 6.45) is -11.5. The third kappa shape index (κ3) is 7.24. The Labute approximate surface area is 168 Å². The van der Waals surface area contributed by atoms with Crippen LogP contribution in [0.5, 0.6) is 0 Å². The van der Waals surface area contributed by atoms with Crippen molar-refractivity contribution in [2.75, 3.05) is 31.3 Å². The summed E-state index contributed by atoms with van der Waals surface area (Å²) in [4.78, 5) is 0. The van der Waals surface area contributed by atoms with Crippen molar-refractivity contribution in [1.29, 1.82) is 0 Å². The van der Waals surface area contributed by atoms with Gasteiger partial charge < -0.3 is 49.6 Å². The maximum atomic E-state index is 10.4. The highest BCUT2D eigenvalue weighted by molar-refractivity contribution is 7.80. The first-order valence-electron chi connectivity index (χ1n) is 8.54. The van der Waals surface area contributed by atoms with Gasteiger partial charge in [-0.2, -0.15) is 25.3 Å². The van der Waals surface area contributed by atoms with Gasteiger partial charge in [-0.25, -0.2) is 0 Å². The molecule has 27 heavy (non-hydrogen) atoms. The number of aliphatic hydroxyl groups excluding tert-OH is 6. The molecule has 1 rings (SSSR count). The molecule has 1 saturated heterocycles.